The van der Waals surface area contributed by atoms with Gasteiger partial charge in [0, 0.05) is 48.7 Å². The molecule has 0 radical (unpaired) electrons. The average molecular weight is 361 g/mol. The number of halogens is 1. The number of rotatable bonds is 2. The number of carbonyl (C=O) groups is 1. The predicted octanol–water partition coefficient (Wildman–Crippen LogP) is 2.51. The van der Waals surface area contributed by atoms with E-state index in [0.717, 1.165) is 17.6 Å². The third-order valence-corrected chi connectivity index (χ3v) is 4.75. The average Bonchev–Trinajstić information content (AvgIpc) is 2.58. The molecule has 6 heteroatoms. The van der Waals surface area contributed by atoms with Crippen molar-refractivity contribution in [1.29, 1.82) is 0 Å². The van der Waals surface area contributed by atoms with Gasteiger partial charge in [0.1, 0.15) is 5.69 Å². The summed E-state index contributed by atoms with van der Waals surface area (Å²) >= 11 is 3.52. The molecule has 0 saturated carbocycles. The van der Waals surface area contributed by atoms with Crippen LogP contribution in [0.3, 0.4) is 0 Å². The SMILES string of the molecule is Cc1cc(N2CCN(C(=O)c3cnccn3)CC2)ccc1Br. The molecule has 1 fully saturated rings. The molecule has 1 amide bonds. The molecule has 1 saturated heterocycles. The summed E-state index contributed by atoms with van der Waals surface area (Å²) in [6.45, 7) is 5.14. The lowest BCUT2D eigenvalue weighted by Gasteiger charge is -2.36. The smallest absolute Gasteiger partial charge is 0.274 e. The van der Waals surface area contributed by atoms with Crippen LogP contribution < -0.4 is 4.90 Å². The quantitative estimate of drug-likeness (QED) is 0.825. The summed E-state index contributed by atoms with van der Waals surface area (Å²) in [5, 5.41) is 0. The first kappa shape index (κ1) is 15.0. The summed E-state index contributed by atoms with van der Waals surface area (Å²) < 4.78 is 1.12. The molecule has 114 valence electrons. The van der Waals surface area contributed by atoms with E-state index in [2.05, 4.69) is 55.9 Å². The number of hydrogen-bond donors (Lipinski definition) is 0. The Bertz CT molecular complexity index is 669. The van der Waals surface area contributed by atoms with Gasteiger partial charge in [-0.15, -0.1) is 0 Å². The van der Waals surface area contributed by atoms with E-state index >= 15 is 0 Å². The van der Waals surface area contributed by atoms with E-state index in [1.165, 1.54) is 17.4 Å². The largest absolute Gasteiger partial charge is 0.368 e. The number of aryl methyl sites for hydroxylation is 1. The number of nitrogens with zero attached hydrogens (tertiary/aromatic N) is 4. The van der Waals surface area contributed by atoms with Gasteiger partial charge < -0.3 is 9.80 Å². The summed E-state index contributed by atoms with van der Waals surface area (Å²) in [5.74, 6) is -0.0419. The van der Waals surface area contributed by atoms with E-state index in [1.54, 1.807) is 12.4 Å². The predicted molar refractivity (Wildman–Crippen MR) is 89.0 cm³/mol. The Balaban J connectivity index is 1.65. The van der Waals surface area contributed by atoms with E-state index in [-0.39, 0.29) is 5.91 Å². The van der Waals surface area contributed by atoms with Crippen LogP contribution in [0.5, 0.6) is 0 Å². The molecule has 0 aliphatic carbocycles. The van der Waals surface area contributed by atoms with Gasteiger partial charge in [0.2, 0.25) is 0 Å². The van der Waals surface area contributed by atoms with E-state index in [4.69, 9.17) is 0 Å². The highest BCUT2D eigenvalue weighted by Crippen LogP contribution is 2.24. The molecule has 1 aliphatic rings. The molecule has 2 aromatic rings. The van der Waals surface area contributed by atoms with Gasteiger partial charge in [0.25, 0.3) is 5.91 Å². The van der Waals surface area contributed by atoms with E-state index in [9.17, 15) is 4.79 Å². The lowest BCUT2D eigenvalue weighted by Crippen LogP contribution is -2.49. The minimum absolute atomic E-state index is 0.0419. The van der Waals surface area contributed by atoms with Crippen molar-refractivity contribution in [2.75, 3.05) is 31.1 Å². The number of piperazine rings is 1. The third kappa shape index (κ3) is 3.11. The number of hydrogen-bond acceptors (Lipinski definition) is 4. The van der Waals surface area contributed by atoms with Gasteiger partial charge in [0.05, 0.1) is 6.20 Å². The highest BCUT2D eigenvalue weighted by molar-refractivity contribution is 9.10. The molecule has 3 rings (SSSR count). The Hall–Kier alpha value is -1.95. The van der Waals surface area contributed by atoms with Gasteiger partial charge in [-0.25, -0.2) is 4.98 Å². The molecule has 0 spiro atoms. The molecule has 1 aromatic carbocycles. The first-order valence-electron chi connectivity index (χ1n) is 7.21. The fourth-order valence-electron chi connectivity index (χ4n) is 2.56. The second-order valence-corrected chi connectivity index (χ2v) is 6.16. The maximum atomic E-state index is 12.3. The second kappa shape index (κ2) is 6.44. The summed E-state index contributed by atoms with van der Waals surface area (Å²) in [4.78, 5) is 24.5. The van der Waals surface area contributed by atoms with Crippen molar-refractivity contribution in [3.8, 4) is 0 Å². The van der Waals surface area contributed by atoms with Crippen molar-refractivity contribution in [2.24, 2.45) is 0 Å². The molecule has 5 nitrogen and oxygen atoms in total. The molecule has 1 aliphatic heterocycles. The van der Waals surface area contributed by atoms with Gasteiger partial charge in [-0.1, -0.05) is 15.9 Å². The molecule has 2 heterocycles. The van der Waals surface area contributed by atoms with E-state index < -0.39 is 0 Å². The van der Waals surface area contributed by atoms with Crippen LogP contribution >= 0.6 is 15.9 Å². The summed E-state index contributed by atoms with van der Waals surface area (Å²) in [7, 11) is 0. The maximum absolute atomic E-state index is 12.3. The van der Waals surface area contributed by atoms with Crippen LogP contribution in [0.15, 0.2) is 41.3 Å². The Kier molecular flexibility index (Phi) is 4.38. The van der Waals surface area contributed by atoms with E-state index in [0.29, 0.717) is 18.8 Å². The van der Waals surface area contributed by atoms with Gasteiger partial charge in [0.15, 0.2) is 0 Å². The molecule has 1 aromatic heterocycles. The zero-order valence-corrected chi connectivity index (χ0v) is 14.0. The molecule has 0 atom stereocenters. The Morgan fingerprint density at radius 3 is 2.59 bits per heavy atom. The normalized spacial score (nSPS) is 15.0. The number of aromatic nitrogens is 2. The molecule has 0 bridgehead atoms. The summed E-state index contributed by atoms with van der Waals surface area (Å²) in [5.41, 5.74) is 2.83. The van der Waals surface area contributed by atoms with Crippen molar-refractivity contribution in [3.63, 3.8) is 0 Å². The number of amides is 1. The second-order valence-electron chi connectivity index (χ2n) is 5.30. The van der Waals surface area contributed by atoms with Gasteiger partial charge in [-0.2, -0.15) is 0 Å². The van der Waals surface area contributed by atoms with Gasteiger partial charge in [-0.3, -0.25) is 9.78 Å². The molecule has 0 N–H and O–H groups in total. The fraction of sp³-hybridized carbons (Fsp3) is 0.312. The van der Waals surface area contributed by atoms with Crippen molar-refractivity contribution in [1.82, 2.24) is 14.9 Å². The van der Waals surface area contributed by atoms with Gasteiger partial charge in [-0.05, 0) is 30.7 Å². The highest BCUT2D eigenvalue weighted by atomic mass is 79.9. The Morgan fingerprint density at radius 1 is 1.18 bits per heavy atom. The molecule has 0 unspecified atom stereocenters. The number of carbonyl (C=O) groups excluding carboxylic acids is 1. The summed E-state index contributed by atoms with van der Waals surface area (Å²) in [6, 6.07) is 6.35. The lowest BCUT2D eigenvalue weighted by molar-refractivity contribution is 0.0740. The van der Waals surface area contributed by atoms with Crippen molar-refractivity contribution >= 4 is 27.5 Å². The number of benzene rings is 1. The van der Waals surface area contributed by atoms with Crippen LogP contribution in [0.2, 0.25) is 0 Å². The first-order chi connectivity index (χ1) is 10.6. The number of anilines is 1. The molecular weight excluding hydrogens is 344 g/mol. The first-order valence-corrected chi connectivity index (χ1v) is 8.01. The van der Waals surface area contributed by atoms with E-state index in [1.807, 2.05) is 4.90 Å². The monoisotopic (exact) mass is 360 g/mol. The Morgan fingerprint density at radius 2 is 1.95 bits per heavy atom. The summed E-state index contributed by atoms with van der Waals surface area (Å²) in [6.07, 6.45) is 4.64. The van der Waals surface area contributed by atoms with Crippen LogP contribution in [0.1, 0.15) is 16.1 Å². The van der Waals surface area contributed by atoms with Crippen LogP contribution in [0.4, 0.5) is 5.69 Å². The maximum Gasteiger partial charge on any atom is 0.274 e. The van der Waals surface area contributed by atoms with Crippen LogP contribution in [0.25, 0.3) is 0 Å². The van der Waals surface area contributed by atoms with Crippen molar-refractivity contribution in [2.45, 2.75) is 6.92 Å². The fourth-order valence-corrected chi connectivity index (χ4v) is 2.81. The molecular formula is C16H17BrN4O. The zero-order chi connectivity index (χ0) is 15.5. The third-order valence-electron chi connectivity index (χ3n) is 3.86. The lowest BCUT2D eigenvalue weighted by atomic mass is 10.2. The van der Waals surface area contributed by atoms with Crippen molar-refractivity contribution < 1.29 is 4.79 Å². The van der Waals surface area contributed by atoms with Crippen LogP contribution in [-0.2, 0) is 0 Å². The Labute approximate surface area is 138 Å². The highest BCUT2D eigenvalue weighted by Gasteiger charge is 2.23. The minimum Gasteiger partial charge on any atom is -0.368 e. The topological polar surface area (TPSA) is 49.3 Å². The van der Waals surface area contributed by atoms with Crippen molar-refractivity contribution in [3.05, 3.63) is 52.5 Å². The molecule has 22 heavy (non-hydrogen) atoms. The zero-order valence-electron chi connectivity index (χ0n) is 12.4. The standard InChI is InChI=1S/C16H17BrN4O/c1-12-10-13(2-3-14(12)17)20-6-8-21(9-7-20)16(22)15-11-18-4-5-19-15/h2-5,10-11H,6-9H2,1H3. The van der Waals surface area contributed by atoms with Crippen LogP contribution in [-0.4, -0.2) is 47.0 Å². The minimum atomic E-state index is -0.0419. The van der Waals surface area contributed by atoms with Gasteiger partial charge >= 0.3 is 0 Å². The van der Waals surface area contributed by atoms with Crippen LogP contribution in [0, 0.1) is 6.92 Å².